The van der Waals surface area contributed by atoms with Gasteiger partial charge in [-0.3, -0.25) is 14.4 Å². The monoisotopic (exact) mass is 545 g/mol. The highest BCUT2D eigenvalue weighted by molar-refractivity contribution is 6.02. The average Bonchev–Trinajstić information content (AvgIpc) is 3.58. The fourth-order valence-electron chi connectivity index (χ4n) is 7.90. The van der Waals surface area contributed by atoms with Gasteiger partial charge in [-0.25, -0.2) is 0 Å². The Labute approximate surface area is 237 Å². The van der Waals surface area contributed by atoms with Crippen molar-refractivity contribution in [3.8, 4) is 0 Å². The molecule has 3 heterocycles. The van der Waals surface area contributed by atoms with Gasteiger partial charge in [-0.05, 0) is 75.0 Å². The Morgan fingerprint density at radius 3 is 2.75 bits per heavy atom. The van der Waals surface area contributed by atoms with Gasteiger partial charge in [0.2, 0.25) is 17.7 Å². The number of likely N-dealkylation sites (tertiary alicyclic amines) is 1. The molecule has 2 N–H and O–H groups in total. The molecule has 40 heavy (non-hydrogen) atoms. The molecule has 1 saturated carbocycles. The number of nitrogens with zero attached hydrogens (tertiary/aromatic N) is 1. The number of aryl methyl sites for hydroxylation is 1. The highest BCUT2D eigenvalue weighted by atomic mass is 16.5. The van der Waals surface area contributed by atoms with Crippen molar-refractivity contribution in [2.24, 2.45) is 23.7 Å². The number of hydrogen-bond donors (Lipinski definition) is 2. The second-order valence-corrected chi connectivity index (χ2v) is 12.8. The molecule has 1 aromatic rings. The standard InChI is InChI=1S/C33H43N3O4/c1-20-9-7-13-24(19-20)34-30(37)27-26-15-17-33(40-26)28(27)32(39)36(18-16-23-11-5-4-6-12-23)29(33)31(38)35-25-14-8-10-21(2)22(25)3/h7,9,11,13,15,17,19,21-22,25-29H,4-6,8,10,12,14,16,18H2,1-3H3,(H,34,37)(H,35,38)/t21-,22+,25-,26+,27-,28+,29+,33+/m1/s1. The Balaban J connectivity index is 1.29. The molecule has 7 nitrogen and oxygen atoms in total. The van der Waals surface area contributed by atoms with Gasteiger partial charge in [0.05, 0.1) is 17.9 Å². The molecular weight excluding hydrogens is 502 g/mol. The van der Waals surface area contributed by atoms with Crippen molar-refractivity contribution in [3.63, 3.8) is 0 Å². The van der Waals surface area contributed by atoms with Crippen molar-refractivity contribution in [2.45, 2.75) is 95.9 Å². The van der Waals surface area contributed by atoms with Crippen molar-refractivity contribution in [3.05, 3.63) is 53.6 Å². The van der Waals surface area contributed by atoms with E-state index >= 15 is 0 Å². The van der Waals surface area contributed by atoms with Crippen molar-refractivity contribution >= 4 is 23.4 Å². The van der Waals surface area contributed by atoms with Crippen LogP contribution in [0.3, 0.4) is 0 Å². The Hall–Kier alpha value is -2.93. The fourth-order valence-corrected chi connectivity index (χ4v) is 7.90. The van der Waals surface area contributed by atoms with E-state index in [9.17, 15) is 14.4 Å². The molecule has 5 aliphatic rings. The van der Waals surface area contributed by atoms with Gasteiger partial charge < -0.3 is 20.3 Å². The largest absolute Gasteiger partial charge is 0.359 e. The van der Waals surface area contributed by atoms with E-state index in [2.05, 4.69) is 30.6 Å². The summed E-state index contributed by atoms with van der Waals surface area (Å²) in [5.74, 6) is -1.01. The van der Waals surface area contributed by atoms with Gasteiger partial charge >= 0.3 is 0 Å². The van der Waals surface area contributed by atoms with E-state index in [1.54, 1.807) is 4.90 Å². The van der Waals surface area contributed by atoms with E-state index < -0.39 is 29.6 Å². The van der Waals surface area contributed by atoms with Crippen LogP contribution in [-0.4, -0.2) is 53.0 Å². The Morgan fingerprint density at radius 2 is 1.98 bits per heavy atom. The summed E-state index contributed by atoms with van der Waals surface area (Å²) in [6.07, 6.45) is 14.0. The van der Waals surface area contributed by atoms with Crippen LogP contribution in [0.1, 0.15) is 70.8 Å². The molecule has 2 aliphatic carbocycles. The minimum absolute atomic E-state index is 0.0766. The SMILES string of the molecule is Cc1cccc(NC(=O)[C@@H]2[C@@H]3C=C[C@]4(O3)[C@@H]2C(=O)N(CCC2=CCCCC2)[C@H]4C(=O)N[C@@H]2CCC[C@@H](C)[C@@H]2C)c1. The third-order valence-corrected chi connectivity index (χ3v) is 10.3. The van der Waals surface area contributed by atoms with Crippen LogP contribution in [0.25, 0.3) is 0 Å². The van der Waals surface area contributed by atoms with E-state index in [1.807, 2.05) is 43.3 Å². The van der Waals surface area contributed by atoms with Crippen LogP contribution in [0.5, 0.6) is 0 Å². The Morgan fingerprint density at radius 1 is 1.12 bits per heavy atom. The lowest BCUT2D eigenvalue weighted by Crippen LogP contribution is -2.58. The molecule has 0 unspecified atom stereocenters. The highest BCUT2D eigenvalue weighted by Crippen LogP contribution is 2.55. The summed E-state index contributed by atoms with van der Waals surface area (Å²) < 4.78 is 6.53. The first-order valence-corrected chi connectivity index (χ1v) is 15.3. The number of benzene rings is 1. The van der Waals surface area contributed by atoms with Gasteiger partial charge in [0.1, 0.15) is 11.6 Å². The van der Waals surface area contributed by atoms with Crippen LogP contribution in [0.4, 0.5) is 5.69 Å². The number of carbonyl (C=O) groups excluding carboxylic acids is 3. The van der Waals surface area contributed by atoms with E-state index in [1.165, 1.54) is 24.8 Å². The fraction of sp³-hybridized carbons (Fsp3) is 0.606. The molecular formula is C33H43N3O4. The summed E-state index contributed by atoms with van der Waals surface area (Å²) >= 11 is 0. The quantitative estimate of drug-likeness (QED) is 0.477. The van der Waals surface area contributed by atoms with E-state index in [4.69, 9.17) is 4.74 Å². The molecule has 2 saturated heterocycles. The van der Waals surface area contributed by atoms with Crippen LogP contribution in [0, 0.1) is 30.6 Å². The minimum atomic E-state index is -1.12. The predicted octanol–water partition coefficient (Wildman–Crippen LogP) is 4.92. The number of hydrogen-bond acceptors (Lipinski definition) is 4. The molecule has 7 heteroatoms. The summed E-state index contributed by atoms with van der Waals surface area (Å²) in [6.45, 7) is 6.91. The highest BCUT2D eigenvalue weighted by Gasteiger charge is 2.72. The third kappa shape index (κ3) is 4.70. The molecule has 1 spiro atoms. The predicted molar refractivity (Wildman–Crippen MR) is 154 cm³/mol. The molecule has 1 aromatic carbocycles. The van der Waals surface area contributed by atoms with Gasteiger partial charge in [0.25, 0.3) is 0 Å². The lowest BCUT2D eigenvalue weighted by molar-refractivity contribution is -0.141. The van der Waals surface area contributed by atoms with Gasteiger partial charge in [0.15, 0.2) is 0 Å². The molecule has 3 aliphatic heterocycles. The van der Waals surface area contributed by atoms with Gasteiger partial charge in [-0.15, -0.1) is 0 Å². The van der Waals surface area contributed by atoms with Crippen LogP contribution >= 0.6 is 0 Å². The first-order valence-electron chi connectivity index (χ1n) is 15.3. The number of amides is 3. The maximum atomic E-state index is 14.2. The third-order valence-electron chi connectivity index (χ3n) is 10.3. The van der Waals surface area contributed by atoms with Crippen LogP contribution in [-0.2, 0) is 19.1 Å². The smallest absolute Gasteiger partial charge is 0.246 e. The first kappa shape index (κ1) is 27.3. The number of carbonyl (C=O) groups is 3. The number of ether oxygens (including phenoxy) is 1. The number of anilines is 1. The van der Waals surface area contributed by atoms with Gasteiger partial charge in [-0.2, -0.15) is 0 Å². The number of fused-ring (bicyclic) bond motifs is 1. The normalized spacial score (nSPS) is 36.4. The Kier molecular flexibility index (Phi) is 7.36. The second-order valence-electron chi connectivity index (χ2n) is 12.8. The van der Waals surface area contributed by atoms with Crippen LogP contribution in [0.15, 0.2) is 48.1 Å². The zero-order valence-corrected chi connectivity index (χ0v) is 24.0. The van der Waals surface area contributed by atoms with Crippen LogP contribution < -0.4 is 10.6 Å². The first-order chi connectivity index (χ1) is 19.3. The van der Waals surface area contributed by atoms with E-state index in [0.717, 1.165) is 37.7 Å². The van der Waals surface area contributed by atoms with Crippen molar-refractivity contribution in [2.75, 3.05) is 11.9 Å². The molecule has 2 bridgehead atoms. The molecule has 3 fully saturated rings. The summed E-state index contributed by atoms with van der Waals surface area (Å²) in [5, 5.41) is 6.37. The zero-order chi connectivity index (χ0) is 28.0. The maximum absolute atomic E-state index is 14.2. The molecule has 0 radical (unpaired) electrons. The molecule has 214 valence electrons. The summed E-state index contributed by atoms with van der Waals surface area (Å²) in [7, 11) is 0. The summed E-state index contributed by atoms with van der Waals surface area (Å²) in [5.41, 5.74) is 1.98. The lowest BCUT2D eigenvalue weighted by atomic mass is 9.73. The van der Waals surface area contributed by atoms with E-state index in [0.29, 0.717) is 24.1 Å². The molecule has 8 atom stereocenters. The number of nitrogens with one attached hydrogen (secondary N) is 2. The lowest BCUT2D eigenvalue weighted by Gasteiger charge is -2.38. The van der Waals surface area contributed by atoms with Crippen molar-refractivity contribution in [1.29, 1.82) is 0 Å². The van der Waals surface area contributed by atoms with Gasteiger partial charge in [0, 0.05) is 18.3 Å². The zero-order valence-electron chi connectivity index (χ0n) is 24.0. The molecule has 6 rings (SSSR count). The van der Waals surface area contributed by atoms with E-state index in [-0.39, 0.29) is 23.8 Å². The number of rotatable bonds is 7. The second kappa shape index (κ2) is 10.8. The number of allylic oxidation sites excluding steroid dienone is 1. The molecule has 0 aromatic heterocycles. The Bertz CT molecular complexity index is 1240. The summed E-state index contributed by atoms with van der Waals surface area (Å²) in [6, 6.07) is 6.95. The van der Waals surface area contributed by atoms with Crippen molar-refractivity contribution in [1.82, 2.24) is 10.2 Å². The van der Waals surface area contributed by atoms with Crippen LogP contribution in [0.2, 0.25) is 0 Å². The van der Waals surface area contributed by atoms with Crippen molar-refractivity contribution < 1.29 is 19.1 Å². The maximum Gasteiger partial charge on any atom is 0.246 e. The summed E-state index contributed by atoms with van der Waals surface area (Å²) in [4.78, 5) is 43.8. The minimum Gasteiger partial charge on any atom is -0.359 e. The van der Waals surface area contributed by atoms with Gasteiger partial charge in [-0.1, -0.05) is 62.6 Å². The topological polar surface area (TPSA) is 87.7 Å². The molecule has 3 amide bonds. The average molecular weight is 546 g/mol.